The minimum absolute atomic E-state index is 1.02. The molecule has 0 N–H and O–H groups in total. The van der Waals surface area contributed by atoms with Crippen LogP contribution in [0, 0.1) is 0 Å². The Bertz CT molecular complexity index is 321. The van der Waals surface area contributed by atoms with Crippen molar-refractivity contribution in [3.8, 4) is 0 Å². The molecular weight excluding hydrogens is 136 g/mol. The van der Waals surface area contributed by atoms with Crippen molar-refractivity contribution in [3.05, 3.63) is 23.8 Å². The Morgan fingerprint density at radius 3 is 2.82 bits per heavy atom. The molecule has 58 valence electrons. The summed E-state index contributed by atoms with van der Waals surface area (Å²) in [7, 11) is 0. The molecular formula is C10H12O. The summed E-state index contributed by atoms with van der Waals surface area (Å²) in [6, 6.07) is 6.22. The van der Waals surface area contributed by atoms with Crippen molar-refractivity contribution in [1.29, 1.82) is 0 Å². The number of fused-ring (bicyclic) bond motifs is 2. The van der Waals surface area contributed by atoms with E-state index in [1.54, 1.807) is 0 Å². The number of hydrogen-bond donors (Lipinski definition) is 0. The number of benzene rings is 1. The molecule has 0 radical (unpaired) electrons. The van der Waals surface area contributed by atoms with Crippen LogP contribution in [0.5, 0.6) is 0 Å². The standard InChI is InChI=1S/C10H12O/c1-2-3-4-8-7-9-5-6-10(8)11-9/h5-7H,2-4H2,1H3. The van der Waals surface area contributed by atoms with E-state index in [0.29, 0.717) is 0 Å². The largest absolute Gasteiger partial charge is 0.457 e. The average molecular weight is 148 g/mol. The van der Waals surface area contributed by atoms with Crippen LogP contribution in [0.1, 0.15) is 25.3 Å². The predicted octanol–water partition coefficient (Wildman–Crippen LogP) is 3.21. The maximum Gasteiger partial charge on any atom is 0.130 e. The van der Waals surface area contributed by atoms with Crippen molar-refractivity contribution >= 4 is 11.2 Å². The van der Waals surface area contributed by atoms with Crippen LogP contribution < -0.4 is 0 Å². The lowest BCUT2D eigenvalue weighted by Crippen LogP contribution is -1.80. The fraction of sp³-hybridized carbons (Fsp3) is 0.400. The lowest BCUT2D eigenvalue weighted by atomic mass is 10.1. The molecule has 0 amide bonds. The molecule has 0 unspecified atom stereocenters. The lowest BCUT2D eigenvalue weighted by molar-refractivity contribution is 0.670. The highest BCUT2D eigenvalue weighted by Crippen LogP contribution is 2.23. The van der Waals surface area contributed by atoms with Gasteiger partial charge in [-0.25, -0.2) is 0 Å². The predicted molar refractivity (Wildman–Crippen MR) is 46.0 cm³/mol. The molecule has 0 saturated heterocycles. The molecule has 0 spiro atoms. The summed E-state index contributed by atoms with van der Waals surface area (Å²) >= 11 is 0. The zero-order valence-corrected chi connectivity index (χ0v) is 6.76. The van der Waals surface area contributed by atoms with Gasteiger partial charge in [0.15, 0.2) is 0 Å². The summed E-state index contributed by atoms with van der Waals surface area (Å²) in [5.41, 5.74) is 3.48. The number of hydrogen-bond acceptors (Lipinski definition) is 1. The topological polar surface area (TPSA) is 13.1 Å². The minimum Gasteiger partial charge on any atom is -0.457 e. The van der Waals surface area contributed by atoms with Gasteiger partial charge in [0, 0.05) is 0 Å². The van der Waals surface area contributed by atoms with Gasteiger partial charge in [-0.15, -0.1) is 0 Å². The SMILES string of the molecule is CCCCc1cc2ccc1o2. The molecule has 0 atom stereocenters. The summed E-state index contributed by atoms with van der Waals surface area (Å²) in [4.78, 5) is 0. The highest BCUT2D eigenvalue weighted by atomic mass is 16.3. The van der Waals surface area contributed by atoms with Gasteiger partial charge in [-0.05, 0) is 36.6 Å². The molecule has 0 saturated carbocycles. The number of aryl methyl sites for hydroxylation is 1. The monoisotopic (exact) mass is 148 g/mol. The molecule has 0 aliphatic carbocycles. The van der Waals surface area contributed by atoms with Crippen LogP contribution in [-0.4, -0.2) is 0 Å². The first-order valence-electron chi connectivity index (χ1n) is 4.21. The van der Waals surface area contributed by atoms with Gasteiger partial charge in [-0.3, -0.25) is 0 Å². The van der Waals surface area contributed by atoms with Gasteiger partial charge in [0.1, 0.15) is 11.2 Å². The van der Waals surface area contributed by atoms with Gasteiger partial charge in [-0.1, -0.05) is 13.3 Å². The van der Waals surface area contributed by atoms with Gasteiger partial charge >= 0.3 is 0 Å². The average Bonchev–Trinajstić information content (AvgIpc) is 2.60. The Balaban J connectivity index is 2.18. The van der Waals surface area contributed by atoms with Crippen LogP contribution in [0.15, 0.2) is 22.6 Å². The van der Waals surface area contributed by atoms with Gasteiger partial charge in [-0.2, -0.15) is 0 Å². The highest BCUT2D eigenvalue weighted by molar-refractivity contribution is 5.65. The van der Waals surface area contributed by atoms with Crippen molar-refractivity contribution in [2.45, 2.75) is 26.2 Å². The van der Waals surface area contributed by atoms with Crippen LogP contribution in [0.3, 0.4) is 0 Å². The van der Waals surface area contributed by atoms with Crippen molar-refractivity contribution in [2.75, 3.05) is 0 Å². The van der Waals surface area contributed by atoms with Gasteiger partial charge in [0.2, 0.25) is 0 Å². The second-order valence-electron chi connectivity index (χ2n) is 2.98. The summed E-state index contributed by atoms with van der Waals surface area (Å²) in [6.07, 6.45) is 3.68. The van der Waals surface area contributed by atoms with Crippen LogP contribution in [-0.2, 0) is 6.42 Å². The van der Waals surface area contributed by atoms with Gasteiger partial charge < -0.3 is 4.42 Å². The van der Waals surface area contributed by atoms with Crippen LogP contribution in [0.2, 0.25) is 0 Å². The number of furan rings is 2. The maximum absolute atomic E-state index is 5.41. The Morgan fingerprint density at radius 2 is 2.27 bits per heavy atom. The molecule has 2 aromatic heterocycles. The van der Waals surface area contributed by atoms with E-state index in [4.69, 9.17) is 4.42 Å². The molecule has 2 aromatic rings. The van der Waals surface area contributed by atoms with E-state index >= 15 is 0 Å². The Morgan fingerprint density at radius 1 is 1.36 bits per heavy atom. The Hall–Kier alpha value is -0.980. The van der Waals surface area contributed by atoms with Crippen LogP contribution in [0.4, 0.5) is 0 Å². The molecule has 1 heteroatoms. The number of unbranched alkanes of at least 4 members (excludes halogenated alkanes) is 1. The molecule has 11 heavy (non-hydrogen) atoms. The smallest absolute Gasteiger partial charge is 0.130 e. The molecule has 2 rings (SSSR count). The minimum atomic E-state index is 1.02. The molecule has 0 fully saturated rings. The summed E-state index contributed by atoms with van der Waals surface area (Å²) in [6.45, 7) is 2.21. The molecule has 0 aromatic carbocycles. The summed E-state index contributed by atoms with van der Waals surface area (Å²) < 4.78 is 5.41. The summed E-state index contributed by atoms with van der Waals surface area (Å²) in [5, 5.41) is 0. The highest BCUT2D eigenvalue weighted by Gasteiger charge is 2.04. The third-order valence-corrected chi connectivity index (χ3v) is 2.06. The first kappa shape index (κ1) is 6.71. The van der Waals surface area contributed by atoms with Crippen molar-refractivity contribution in [3.63, 3.8) is 0 Å². The first-order chi connectivity index (χ1) is 5.40. The maximum atomic E-state index is 5.41. The molecule has 2 bridgehead atoms. The zero-order valence-electron chi connectivity index (χ0n) is 6.76. The van der Waals surface area contributed by atoms with E-state index in [9.17, 15) is 0 Å². The van der Waals surface area contributed by atoms with E-state index < -0.39 is 0 Å². The van der Waals surface area contributed by atoms with E-state index in [1.165, 1.54) is 24.8 Å². The van der Waals surface area contributed by atoms with Crippen molar-refractivity contribution < 1.29 is 4.42 Å². The molecule has 0 aliphatic heterocycles. The van der Waals surface area contributed by atoms with Crippen LogP contribution >= 0.6 is 0 Å². The fourth-order valence-electron chi connectivity index (χ4n) is 1.41. The van der Waals surface area contributed by atoms with Gasteiger partial charge in [0.05, 0.1) is 0 Å². The third kappa shape index (κ3) is 1.11. The Kier molecular flexibility index (Phi) is 1.57. The quantitative estimate of drug-likeness (QED) is 0.651. The van der Waals surface area contributed by atoms with E-state index in [-0.39, 0.29) is 0 Å². The first-order valence-corrected chi connectivity index (χ1v) is 4.21. The third-order valence-electron chi connectivity index (χ3n) is 2.06. The van der Waals surface area contributed by atoms with E-state index in [1.807, 2.05) is 6.07 Å². The second-order valence-corrected chi connectivity index (χ2v) is 2.98. The normalized spacial score (nSPS) is 11.4. The Labute approximate surface area is 66.3 Å². The summed E-state index contributed by atoms with van der Waals surface area (Å²) in [5.74, 6) is 0. The molecule has 0 aliphatic rings. The fourth-order valence-corrected chi connectivity index (χ4v) is 1.41. The van der Waals surface area contributed by atoms with Crippen molar-refractivity contribution in [1.82, 2.24) is 0 Å². The number of rotatable bonds is 3. The van der Waals surface area contributed by atoms with Gasteiger partial charge in [0.25, 0.3) is 0 Å². The molecule has 1 nitrogen and oxygen atoms in total. The van der Waals surface area contributed by atoms with E-state index in [0.717, 1.165) is 11.2 Å². The lowest BCUT2D eigenvalue weighted by Gasteiger charge is -1.93. The van der Waals surface area contributed by atoms with E-state index in [2.05, 4.69) is 19.1 Å². The van der Waals surface area contributed by atoms with Crippen molar-refractivity contribution in [2.24, 2.45) is 0 Å². The van der Waals surface area contributed by atoms with Crippen LogP contribution in [0.25, 0.3) is 11.2 Å². The second kappa shape index (κ2) is 2.57. The molecule has 2 heterocycles. The zero-order chi connectivity index (χ0) is 7.68.